The van der Waals surface area contributed by atoms with Gasteiger partial charge in [-0.05, 0) is 18.1 Å². The number of hydrogen-bond donors (Lipinski definition) is 2. The fourth-order valence-electron chi connectivity index (χ4n) is 1.89. The Morgan fingerprint density at radius 1 is 1.28 bits per heavy atom. The molecule has 1 aromatic carbocycles. The monoisotopic (exact) mass is 250 g/mol. The van der Waals surface area contributed by atoms with Crippen LogP contribution in [0.15, 0.2) is 30.3 Å². The van der Waals surface area contributed by atoms with E-state index in [2.05, 4.69) is 19.2 Å². The molecule has 4 heteroatoms. The van der Waals surface area contributed by atoms with E-state index in [-0.39, 0.29) is 6.04 Å². The number of benzene rings is 1. The molecule has 4 nitrogen and oxygen atoms in total. The first-order chi connectivity index (χ1) is 8.67. The minimum atomic E-state index is -0.456. The van der Waals surface area contributed by atoms with Crippen molar-refractivity contribution in [3.8, 4) is 5.75 Å². The summed E-state index contributed by atoms with van der Waals surface area (Å²) >= 11 is 0. The molecule has 0 bridgehead atoms. The minimum absolute atomic E-state index is 0.0247. The molecular weight excluding hydrogens is 228 g/mol. The summed E-state index contributed by atoms with van der Waals surface area (Å²) in [6.07, 6.45) is 1.59. The average Bonchev–Trinajstić information content (AvgIpc) is 2.39. The van der Waals surface area contributed by atoms with Gasteiger partial charge in [-0.2, -0.15) is 0 Å². The number of rotatable bonds is 6. The number of nitrogens with two attached hydrogens (primary N) is 1. The van der Waals surface area contributed by atoms with Crippen molar-refractivity contribution >= 4 is 6.09 Å². The van der Waals surface area contributed by atoms with E-state index in [4.69, 9.17) is 10.5 Å². The van der Waals surface area contributed by atoms with Gasteiger partial charge in [0.15, 0.2) is 0 Å². The predicted octanol–water partition coefficient (Wildman–Crippen LogP) is 2.54. The molecule has 18 heavy (non-hydrogen) atoms. The standard InChI is InChI=1S/C14H22N2O2/c1-3-11(4-2)13(15)10-16-14(17)18-12-8-6-5-7-9-12/h5-9,11,13H,3-4,10,15H2,1-2H3,(H,16,17). The van der Waals surface area contributed by atoms with E-state index in [1.165, 1.54) is 0 Å². The maximum absolute atomic E-state index is 11.5. The molecule has 100 valence electrons. The van der Waals surface area contributed by atoms with Gasteiger partial charge in [-0.1, -0.05) is 44.9 Å². The highest BCUT2D eigenvalue weighted by atomic mass is 16.6. The van der Waals surface area contributed by atoms with Crippen LogP contribution in [-0.2, 0) is 0 Å². The molecule has 0 spiro atoms. The van der Waals surface area contributed by atoms with Crippen molar-refractivity contribution in [2.45, 2.75) is 32.7 Å². The van der Waals surface area contributed by atoms with E-state index in [0.717, 1.165) is 12.8 Å². The van der Waals surface area contributed by atoms with Crippen LogP contribution in [0.2, 0.25) is 0 Å². The molecule has 0 heterocycles. The van der Waals surface area contributed by atoms with E-state index < -0.39 is 6.09 Å². The zero-order valence-electron chi connectivity index (χ0n) is 11.1. The van der Waals surface area contributed by atoms with Crippen LogP contribution in [0.5, 0.6) is 5.75 Å². The molecule has 0 aliphatic carbocycles. The van der Waals surface area contributed by atoms with Crippen molar-refractivity contribution in [1.82, 2.24) is 5.32 Å². The van der Waals surface area contributed by atoms with E-state index >= 15 is 0 Å². The second-order valence-corrected chi connectivity index (χ2v) is 4.32. The highest BCUT2D eigenvalue weighted by molar-refractivity contribution is 5.70. The zero-order chi connectivity index (χ0) is 13.4. The largest absolute Gasteiger partial charge is 0.412 e. The Labute approximate surface area is 109 Å². The predicted molar refractivity (Wildman–Crippen MR) is 72.5 cm³/mol. The van der Waals surface area contributed by atoms with Crippen molar-refractivity contribution in [3.63, 3.8) is 0 Å². The molecule has 1 unspecified atom stereocenters. The van der Waals surface area contributed by atoms with Gasteiger partial charge in [0.2, 0.25) is 0 Å². The summed E-state index contributed by atoms with van der Waals surface area (Å²) in [5, 5.41) is 2.69. The Morgan fingerprint density at radius 3 is 2.44 bits per heavy atom. The van der Waals surface area contributed by atoms with Crippen LogP contribution in [0.3, 0.4) is 0 Å². The normalized spacial score (nSPS) is 12.2. The molecule has 0 aromatic heterocycles. The SMILES string of the molecule is CCC(CC)C(N)CNC(=O)Oc1ccccc1. The van der Waals surface area contributed by atoms with Crippen LogP contribution in [-0.4, -0.2) is 18.7 Å². The van der Waals surface area contributed by atoms with E-state index in [9.17, 15) is 4.79 Å². The van der Waals surface area contributed by atoms with Gasteiger partial charge in [-0.15, -0.1) is 0 Å². The van der Waals surface area contributed by atoms with Gasteiger partial charge in [0.1, 0.15) is 5.75 Å². The molecule has 1 amide bonds. The van der Waals surface area contributed by atoms with Crippen molar-refractivity contribution < 1.29 is 9.53 Å². The summed E-state index contributed by atoms with van der Waals surface area (Å²) in [5.74, 6) is 0.966. The number of carbonyl (C=O) groups is 1. The highest BCUT2D eigenvalue weighted by Crippen LogP contribution is 2.11. The summed E-state index contributed by atoms with van der Waals surface area (Å²) in [6.45, 7) is 4.66. The van der Waals surface area contributed by atoms with Crippen molar-refractivity contribution in [1.29, 1.82) is 0 Å². The lowest BCUT2D eigenvalue weighted by atomic mass is 9.95. The second-order valence-electron chi connectivity index (χ2n) is 4.32. The molecule has 1 aromatic rings. The number of amides is 1. The molecule has 0 aliphatic rings. The molecular formula is C14H22N2O2. The van der Waals surface area contributed by atoms with E-state index in [1.54, 1.807) is 12.1 Å². The quantitative estimate of drug-likeness (QED) is 0.815. The number of ether oxygens (including phenoxy) is 1. The minimum Gasteiger partial charge on any atom is -0.410 e. The summed E-state index contributed by atoms with van der Waals surface area (Å²) in [4.78, 5) is 11.5. The Balaban J connectivity index is 2.33. The van der Waals surface area contributed by atoms with Crippen LogP contribution in [0.25, 0.3) is 0 Å². The fraction of sp³-hybridized carbons (Fsp3) is 0.500. The van der Waals surface area contributed by atoms with Gasteiger partial charge in [-0.25, -0.2) is 4.79 Å². The van der Waals surface area contributed by atoms with Crippen LogP contribution in [0, 0.1) is 5.92 Å². The lowest BCUT2D eigenvalue weighted by Crippen LogP contribution is -2.42. The van der Waals surface area contributed by atoms with Gasteiger partial charge < -0.3 is 15.8 Å². The van der Waals surface area contributed by atoms with Crippen LogP contribution >= 0.6 is 0 Å². The first-order valence-corrected chi connectivity index (χ1v) is 6.43. The van der Waals surface area contributed by atoms with Crippen molar-refractivity contribution in [2.24, 2.45) is 11.7 Å². The third-order valence-corrected chi connectivity index (χ3v) is 3.09. The van der Waals surface area contributed by atoms with E-state index in [1.807, 2.05) is 18.2 Å². The topological polar surface area (TPSA) is 64.3 Å². The van der Waals surface area contributed by atoms with Gasteiger partial charge in [0.05, 0.1) is 0 Å². The van der Waals surface area contributed by atoms with Crippen LogP contribution in [0.4, 0.5) is 4.79 Å². The maximum Gasteiger partial charge on any atom is 0.412 e. The number of nitrogens with one attached hydrogen (secondary N) is 1. The fourth-order valence-corrected chi connectivity index (χ4v) is 1.89. The van der Waals surface area contributed by atoms with Crippen LogP contribution in [0.1, 0.15) is 26.7 Å². The first kappa shape index (κ1) is 14.5. The van der Waals surface area contributed by atoms with Crippen molar-refractivity contribution in [2.75, 3.05) is 6.54 Å². The lowest BCUT2D eigenvalue weighted by Gasteiger charge is -2.21. The Hall–Kier alpha value is -1.55. The molecule has 1 rings (SSSR count). The second kappa shape index (κ2) is 7.71. The molecule has 0 saturated carbocycles. The Morgan fingerprint density at radius 2 is 1.89 bits per heavy atom. The summed E-state index contributed by atoms with van der Waals surface area (Å²) in [5.41, 5.74) is 6.01. The third-order valence-electron chi connectivity index (χ3n) is 3.09. The van der Waals surface area contributed by atoms with Gasteiger partial charge in [0, 0.05) is 12.6 Å². The Kier molecular flexibility index (Phi) is 6.22. The Bertz CT molecular complexity index is 350. The number of para-hydroxylation sites is 1. The molecule has 0 fully saturated rings. The molecule has 1 atom stereocenters. The highest BCUT2D eigenvalue weighted by Gasteiger charge is 2.15. The van der Waals surface area contributed by atoms with Gasteiger partial charge in [0.25, 0.3) is 0 Å². The smallest absolute Gasteiger partial charge is 0.410 e. The number of hydrogen-bond acceptors (Lipinski definition) is 3. The van der Waals surface area contributed by atoms with E-state index in [0.29, 0.717) is 18.2 Å². The van der Waals surface area contributed by atoms with Gasteiger partial charge >= 0.3 is 6.09 Å². The van der Waals surface area contributed by atoms with Gasteiger partial charge in [-0.3, -0.25) is 0 Å². The number of carbonyl (C=O) groups excluding carboxylic acids is 1. The molecule has 0 saturated heterocycles. The van der Waals surface area contributed by atoms with Crippen molar-refractivity contribution in [3.05, 3.63) is 30.3 Å². The molecule has 3 N–H and O–H groups in total. The lowest BCUT2D eigenvalue weighted by molar-refractivity contribution is 0.198. The zero-order valence-corrected chi connectivity index (χ0v) is 11.1. The summed E-state index contributed by atoms with van der Waals surface area (Å²) in [7, 11) is 0. The molecule has 0 aliphatic heterocycles. The van der Waals surface area contributed by atoms with Crippen LogP contribution < -0.4 is 15.8 Å². The average molecular weight is 250 g/mol. The molecule has 0 radical (unpaired) electrons. The third kappa shape index (κ3) is 4.75. The summed E-state index contributed by atoms with van der Waals surface area (Å²) < 4.78 is 5.11. The maximum atomic E-state index is 11.5. The first-order valence-electron chi connectivity index (χ1n) is 6.43. The summed E-state index contributed by atoms with van der Waals surface area (Å²) in [6, 6.07) is 8.95.